The summed E-state index contributed by atoms with van der Waals surface area (Å²) in [6.07, 6.45) is 0. The zero-order valence-electron chi connectivity index (χ0n) is 6.25. The minimum absolute atomic E-state index is 0.582. The molecule has 1 rings (SSSR count). The number of non-ortho nitro benzene ring substituents is 1. The van der Waals surface area contributed by atoms with Gasteiger partial charge in [-0.3, -0.25) is 16.0 Å². The van der Waals surface area contributed by atoms with Crippen LogP contribution in [0.5, 0.6) is 0 Å². The maximum absolute atomic E-state index is 12.8. The van der Waals surface area contributed by atoms with Gasteiger partial charge in [-0.1, -0.05) is 0 Å². The molecule has 0 atom stereocenters. The van der Waals surface area contributed by atoms with E-state index in [1.54, 1.807) is 5.43 Å². The van der Waals surface area contributed by atoms with Crippen molar-refractivity contribution in [2.75, 3.05) is 5.43 Å². The van der Waals surface area contributed by atoms with Crippen LogP contribution in [0.25, 0.3) is 0 Å². The number of hydrazine groups is 1. The van der Waals surface area contributed by atoms with Gasteiger partial charge in [0.15, 0.2) is 11.6 Å². The van der Waals surface area contributed by atoms with Gasteiger partial charge in [-0.15, -0.1) is 0 Å². The predicted octanol–water partition coefficient (Wildman–Crippen LogP) is 1.16. The Kier molecular flexibility index (Phi) is 2.38. The quantitative estimate of drug-likeness (QED) is 0.415. The minimum Gasteiger partial charge on any atom is -0.319 e. The Morgan fingerprint density at radius 2 is 1.85 bits per heavy atom. The highest BCUT2D eigenvalue weighted by atomic mass is 19.1. The molecule has 0 fully saturated rings. The first-order valence-corrected chi connectivity index (χ1v) is 3.16. The summed E-state index contributed by atoms with van der Waals surface area (Å²) in [6.45, 7) is 0. The van der Waals surface area contributed by atoms with E-state index in [0.29, 0.717) is 12.1 Å². The second-order valence-corrected chi connectivity index (χ2v) is 2.19. The van der Waals surface area contributed by atoms with Crippen LogP contribution in [0.1, 0.15) is 0 Å². The van der Waals surface area contributed by atoms with Crippen molar-refractivity contribution < 1.29 is 13.7 Å². The Hall–Kier alpha value is -1.76. The van der Waals surface area contributed by atoms with Crippen molar-refractivity contribution in [1.29, 1.82) is 0 Å². The number of nitrogen functional groups attached to an aromatic ring is 1. The van der Waals surface area contributed by atoms with Crippen LogP contribution in [0, 0.1) is 21.7 Å². The molecular formula is C6H5F2N3O2. The second kappa shape index (κ2) is 3.31. The van der Waals surface area contributed by atoms with Crippen molar-refractivity contribution in [3.63, 3.8) is 0 Å². The van der Waals surface area contributed by atoms with Gasteiger partial charge in [-0.25, -0.2) is 8.78 Å². The van der Waals surface area contributed by atoms with Crippen molar-refractivity contribution in [3.8, 4) is 0 Å². The zero-order valence-corrected chi connectivity index (χ0v) is 6.25. The predicted molar refractivity (Wildman–Crippen MR) is 40.8 cm³/mol. The van der Waals surface area contributed by atoms with Crippen molar-refractivity contribution >= 4 is 11.4 Å². The summed E-state index contributed by atoms with van der Waals surface area (Å²) in [6, 6.07) is 1.16. The first-order valence-electron chi connectivity index (χ1n) is 3.16. The summed E-state index contributed by atoms with van der Waals surface area (Å²) in [7, 11) is 0. The molecule has 0 unspecified atom stereocenters. The maximum atomic E-state index is 12.8. The molecule has 0 bridgehead atoms. The highest BCUT2D eigenvalue weighted by Gasteiger charge is 2.15. The molecule has 7 heteroatoms. The van der Waals surface area contributed by atoms with Gasteiger partial charge in [0.1, 0.15) is 5.69 Å². The molecule has 1 aromatic rings. The third-order valence-electron chi connectivity index (χ3n) is 1.38. The Bertz CT molecular complexity index is 333. The van der Waals surface area contributed by atoms with E-state index in [4.69, 9.17) is 5.84 Å². The number of nitrogens with one attached hydrogen (secondary N) is 1. The lowest BCUT2D eigenvalue weighted by Crippen LogP contribution is -2.10. The van der Waals surface area contributed by atoms with Gasteiger partial charge in [0.2, 0.25) is 0 Å². The average Bonchev–Trinajstić information content (AvgIpc) is 2.03. The number of anilines is 1. The molecule has 0 spiro atoms. The normalized spacial score (nSPS) is 9.77. The Balaban J connectivity index is 3.28. The van der Waals surface area contributed by atoms with Crippen LogP contribution in [0.3, 0.4) is 0 Å². The van der Waals surface area contributed by atoms with E-state index in [-0.39, 0.29) is 0 Å². The smallest absolute Gasteiger partial charge is 0.275 e. The van der Waals surface area contributed by atoms with Crippen molar-refractivity contribution in [2.45, 2.75) is 0 Å². The van der Waals surface area contributed by atoms with Crippen LogP contribution in [0.4, 0.5) is 20.2 Å². The summed E-state index contributed by atoms with van der Waals surface area (Å²) in [5, 5.41) is 10.1. The van der Waals surface area contributed by atoms with Gasteiger partial charge >= 0.3 is 0 Å². The average molecular weight is 189 g/mol. The summed E-state index contributed by atoms with van der Waals surface area (Å²) in [4.78, 5) is 9.23. The molecule has 0 aliphatic carbocycles. The molecule has 5 nitrogen and oxygen atoms in total. The van der Waals surface area contributed by atoms with Gasteiger partial charge in [0.25, 0.3) is 5.69 Å². The molecule has 0 heterocycles. The fourth-order valence-electron chi connectivity index (χ4n) is 0.803. The van der Waals surface area contributed by atoms with Crippen LogP contribution in [-0.4, -0.2) is 4.92 Å². The molecule has 70 valence electrons. The van der Waals surface area contributed by atoms with E-state index in [0.717, 1.165) is 0 Å². The molecule has 0 amide bonds. The molecule has 3 N–H and O–H groups in total. The van der Waals surface area contributed by atoms with Crippen LogP contribution < -0.4 is 11.3 Å². The molecule has 0 saturated carbocycles. The van der Waals surface area contributed by atoms with Gasteiger partial charge in [0, 0.05) is 0 Å². The number of rotatable bonds is 2. The summed E-state index contributed by atoms with van der Waals surface area (Å²) < 4.78 is 25.6. The Morgan fingerprint density at radius 3 is 2.15 bits per heavy atom. The first kappa shape index (κ1) is 9.33. The van der Waals surface area contributed by atoms with Gasteiger partial charge in [0.05, 0.1) is 17.1 Å². The molecule has 1 aromatic carbocycles. The number of benzene rings is 1. The first-order chi connectivity index (χ1) is 6.06. The number of nitro groups is 1. The Morgan fingerprint density at radius 1 is 1.38 bits per heavy atom. The van der Waals surface area contributed by atoms with Gasteiger partial charge < -0.3 is 5.43 Å². The third-order valence-corrected chi connectivity index (χ3v) is 1.38. The highest BCUT2D eigenvalue weighted by molar-refractivity contribution is 5.50. The minimum atomic E-state index is -1.10. The van der Waals surface area contributed by atoms with E-state index in [2.05, 4.69) is 0 Å². The topological polar surface area (TPSA) is 81.2 Å². The lowest BCUT2D eigenvalue weighted by molar-refractivity contribution is -0.385. The van der Waals surface area contributed by atoms with Crippen molar-refractivity contribution in [2.24, 2.45) is 5.84 Å². The number of nitrogens with zero attached hydrogens (tertiary/aromatic N) is 1. The number of halogens is 2. The molecule has 0 aromatic heterocycles. The van der Waals surface area contributed by atoms with E-state index >= 15 is 0 Å². The standard InChI is InChI=1S/C6H5F2N3O2/c7-4-1-3(11(12)13)2-5(8)6(4)10-9/h1-2,10H,9H2. The zero-order chi connectivity index (χ0) is 10.0. The fourth-order valence-corrected chi connectivity index (χ4v) is 0.803. The fraction of sp³-hybridized carbons (Fsp3) is 0. The van der Waals surface area contributed by atoms with E-state index < -0.39 is 27.9 Å². The van der Waals surface area contributed by atoms with E-state index in [1.807, 2.05) is 0 Å². The summed E-state index contributed by atoms with van der Waals surface area (Å²) >= 11 is 0. The number of nitro benzene ring substituents is 1. The highest BCUT2D eigenvalue weighted by Crippen LogP contribution is 2.23. The third kappa shape index (κ3) is 1.70. The number of hydrogen-bond donors (Lipinski definition) is 2. The SMILES string of the molecule is NNc1c(F)cc([N+](=O)[O-])cc1F. The van der Waals surface area contributed by atoms with Crippen molar-refractivity contribution in [1.82, 2.24) is 0 Å². The number of nitrogens with two attached hydrogens (primary N) is 1. The molecule has 0 saturated heterocycles. The summed E-state index contributed by atoms with van der Waals surface area (Å²) in [5.74, 6) is 2.57. The Labute approximate surface area is 71.3 Å². The molecule has 13 heavy (non-hydrogen) atoms. The van der Waals surface area contributed by atoms with Gasteiger partial charge in [-0.2, -0.15) is 0 Å². The maximum Gasteiger partial charge on any atom is 0.275 e. The molecule has 0 aliphatic heterocycles. The van der Waals surface area contributed by atoms with Crippen LogP contribution in [-0.2, 0) is 0 Å². The van der Waals surface area contributed by atoms with Crippen LogP contribution in [0.15, 0.2) is 12.1 Å². The van der Waals surface area contributed by atoms with Crippen LogP contribution >= 0.6 is 0 Å². The van der Waals surface area contributed by atoms with Crippen LogP contribution in [0.2, 0.25) is 0 Å². The molecule has 0 aliphatic rings. The summed E-state index contributed by atoms with van der Waals surface area (Å²) in [5.41, 5.74) is 0.507. The van der Waals surface area contributed by atoms with E-state index in [9.17, 15) is 18.9 Å². The lowest BCUT2D eigenvalue weighted by atomic mass is 10.2. The largest absolute Gasteiger partial charge is 0.319 e. The van der Waals surface area contributed by atoms with E-state index in [1.165, 1.54) is 0 Å². The van der Waals surface area contributed by atoms with Crippen molar-refractivity contribution in [3.05, 3.63) is 33.9 Å². The molecular weight excluding hydrogens is 184 g/mol. The van der Waals surface area contributed by atoms with Gasteiger partial charge in [-0.05, 0) is 0 Å². The lowest BCUT2D eigenvalue weighted by Gasteiger charge is -2.02. The number of hydrogen-bond acceptors (Lipinski definition) is 4. The molecule has 0 radical (unpaired) electrons. The monoisotopic (exact) mass is 189 g/mol. The second-order valence-electron chi connectivity index (χ2n) is 2.19.